The third-order valence-electron chi connectivity index (χ3n) is 11.9. The minimum atomic E-state index is -4.14. The van der Waals surface area contributed by atoms with Gasteiger partial charge in [0.2, 0.25) is 0 Å². The highest BCUT2D eigenvalue weighted by Crippen LogP contribution is 2.54. The van der Waals surface area contributed by atoms with Crippen molar-refractivity contribution in [1.82, 2.24) is 29.7 Å². The predicted octanol–water partition coefficient (Wildman–Crippen LogP) is 8.87. The van der Waals surface area contributed by atoms with Crippen LogP contribution in [0.1, 0.15) is 74.6 Å². The molecule has 1 N–H and O–H groups in total. The van der Waals surface area contributed by atoms with Gasteiger partial charge >= 0.3 is 30.3 Å². The number of benzene rings is 1. The minimum Gasteiger partial charge on any atom is -0.478 e. The molecule has 57 heavy (non-hydrogen) atoms. The molecule has 2 aromatic heterocycles. The van der Waals surface area contributed by atoms with Gasteiger partial charge in [0.25, 0.3) is 0 Å². The lowest BCUT2D eigenvalue weighted by molar-refractivity contribution is -0.257. The Labute approximate surface area is 334 Å². The summed E-state index contributed by atoms with van der Waals surface area (Å²) in [6, 6.07) is 4.28. The van der Waals surface area contributed by atoms with Gasteiger partial charge in [-0.15, -0.1) is 0 Å². The molecule has 0 radical (unpaired) electrons. The van der Waals surface area contributed by atoms with E-state index in [9.17, 15) is 35.5 Å². The number of piperidine rings is 2. The topological polar surface area (TPSA) is 114 Å². The summed E-state index contributed by atoms with van der Waals surface area (Å²) in [6.07, 6.45) is 3.51. The molecule has 312 valence electrons. The number of rotatable bonds is 12. The molecule has 0 unspecified atom stereocenters. The second kappa shape index (κ2) is 18.1. The predicted molar refractivity (Wildman–Crippen MR) is 198 cm³/mol. The first-order valence-corrected chi connectivity index (χ1v) is 20.0. The Bertz CT molecular complexity index is 1780. The van der Waals surface area contributed by atoms with Gasteiger partial charge in [-0.3, -0.25) is 0 Å². The van der Waals surface area contributed by atoms with Gasteiger partial charge in [-0.05, 0) is 123 Å². The van der Waals surface area contributed by atoms with Gasteiger partial charge in [-0.2, -0.15) is 26.3 Å². The van der Waals surface area contributed by atoms with Crippen molar-refractivity contribution in [3.63, 3.8) is 0 Å². The Morgan fingerprint density at radius 2 is 1.14 bits per heavy atom. The summed E-state index contributed by atoms with van der Waals surface area (Å²) in [7, 11) is 0. The van der Waals surface area contributed by atoms with Crippen LogP contribution >= 0.6 is 15.9 Å². The second-order valence-corrected chi connectivity index (χ2v) is 16.7. The van der Waals surface area contributed by atoms with Gasteiger partial charge in [-0.1, -0.05) is 18.9 Å². The summed E-state index contributed by atoms with van der Waals surface area (Å²) < 4.78 is 106. The molecule has 4 heterocycles. The van der Waals surface area contributed by atoms with E-state index in [1.165, 1.54) is 24.5 Å². The molecule has 0 bridgehead atoms. The molecular weight excluding hydrogens is 829 g/mol. The Kier molecular flexibility index (Phi) is 13.6. The quantitative estimate of drug-likeness (QED) is 0.177. The van der Waals surface area contributed by atoms with Crippen LogP contribution in [-0.4, -0.2) is 106 Å². The third-order valence-corrected chi connectivity index (χ3v) is 12.4. The number of carbonyl (C=O) groups is 1. The Morgan fingerprint density at radius 1 is 0.719 bits per heavy atom. The number of aromatic carboxylic acids is 1. The summed E-state index contributed by atoms with van der Waals surface area (Å²) in [6.45, 7) is 3.76. The maximum absolute atomic E-state index is 13.9. The van der Waals surface area contributed by atoms with Gasteiger partial charge in [0.1, 0.15) is 5.82 Å². The summed E-state index contributed by atoms with van der Waals surface area (Å²) in [4.78, 5) is 31.2. The highest BCUT2D eigenvalue weighted by Gasteiger charge is 2.59. The second-order valence-electron chi connectivity index (χ2n) is 15.8. The first-order chi connectivity index (χ1) is 27.0. The van der Waals surface area contributed by atoms with Crippen molar-refractivity contribution in [1.29, 1.82) is 0 Å². The molecule has 2 saturated carbocycles. The maximum atomic E-state index is 13.9. The number of carboxylic acids is 1. The van der Waals surface area contributed by atoms with Gasteiger partial charge < -0.3 is 24.4 Å². The van der Waals surface area contributed by atoms with Crippen molar-refractivity contribution in [3.05, 3.63) is 58.8 Å². The van der Waals surface area contributed by atoms with E-state index in [1.54, 1.807) is 12.4 Å². The Morgan fingerprint density at radius 3 is 1.49 bits per heavy atom. The number of halogens is 8. The molecule has 4 fully saturated rings. The highest BCUT2D eigenvalue weighted by atomic mass is 79.9. The zero-order chi connectivity index (χ0) is 40.8. The standard InChI is InChI=1S/C23H25F4N3O3.C16H21BrF3N3O/c24-19-10-16(2-3-18(19)20(31)32)17-11-28-21(29-12-17)33-13-15-4-8-30(9-5-15)14-22(6-1-7-22)23(25,26)27;17-13-8-21-14(22-9-13)24-10-12-2-6-23(7-3-12)11-15(4-1-5-15)16(18,19)20/h2-3,10-12,15H,1,4-9,13-14H2,(H,31,32);8-9,12H,1-7,10-11H2. The fourth-order valence-corrected chi connectivity index (χ4v) is 8.12. The SMILES string of the molecule is FC(F)(F)C1(CN2CCC(COc3ncc(Br)cn3)CC2)CCC1.O=C(O)c1ccc(-c2cnc(OCC3CCN(CC4(C(F)(F)F)CCC4)CC3)nc2)cc1F. The molecular formula is C39H46BrF7N6O4. The average Bonchev–Trinajstić information content (AvgIpc) is 3.14. The first-order valence-electron chi connectivity index (χ1n) is 19.2. The van der Waals surface area contributed by atoms with Crippen LogP contribution < -0.4 is 9.47 Å². The molecule has 2 aliphatic carbocycles. The van der Waals surface area contributed by atoms with Gasteiger partial charge in [0, 0.05) is 43.4 Å². The van der Waals surface area contributed by atoms with Gasteiger partial charge in [0.05, 0.1) is 34.1 Å². The molecule has 7 rings (SSSR count). The maximum Gasteiger partial charge on any atom is 0.395 e. The molecule has 18 heteroatoms. The van der Waals surface area contributed by atoms with E-state index in [0.717, 1.165) is 36.2 Å². The van der Waals surface area contributed by atoms with Crippen molar-refractivity contribution in [3.8, 4) is 23.1 Å². The van der Waals surface area contributed by atoms with Crippen LogP contribution in [0.3, 0.4) is 0 Å². The fraction of sp³-hybridized carbons (Fsp3) is 0.615. The third kappa shape index (κ3) is 10.7. The summed E-state index contributed by atoms with van der Waals surface area (Å²) in [5.41, 5.74) is -2.43. The zero-order valence-electron chi connectivity index (χ0n) is 31.3. The number of hydrogen-bond acceptors (Lipinski definition) is 9. The molecule has 3 aromatic rings. The van der Waals surface area contributed by atoms with Crippen LogP contribution in [0.5, 0.6) is 12.0 Å². The molecule has 0 spiro atoms. The molecule has 1 aromatic carbocycles. The van der Waals surface area contributed by atoms with Crippen molar-refractivity contribution in [2.75, 3.05) is 52.5 Å². The molecule has 10 nitrogen and oxygen atoms in total. The molecule has 2 aliphatic heterocycles. The fourth-order valence-electron chi connectivity index (χ4n) is 7.92. The van der Waals surface area contributed by atoms with Gasteiger partial charge in [-0.25, -0.2) is 29.1 Å². The van der Waals surface area contributed by atoms with Gasteiger partial charge in [0.15, 0.2) is 0 Å². The van der Waals surface area contributed by atoms with E-state index in [2.05, 4.69) is 35.9 Å². The van der Waals surface area contributed by atoms with E-state index >= 15 is 0 Å². The van der Waals surface area contributed by atoms with E-state index in [1.807, 2.05) is 9.80 Å². The zero-order valence-corrected chi connectivity index (χ0v) is 32.9. The lowest BCUT2D eigenvalue weighted by Gasteiger charge is -2.47. The summed E-state index contributed by atoms with van der Waals surface area (Å²) in [5, 5.41) is 8.91. The molecule has 0 atom stereocenters. The van der Waals surface area contributed by atoms with E-state index in [0.29, 0.717) is 75.3 Å². The van der Waals surface area contributed by atoms with Crippen LogP contribution in [0, 0.1) is 28.5 Å². The van der Waals surface area contributed by atoms with E-state index in [4.69, 9.17) is 14.6 Å². The van der Waals surface area contributed by atoms with Crippen LogP contribution in [-0.2, 0) is 0 Å². The van der Waals surface area contributed by atoms with E-state index < -0.39 is 40.5 Å². The van der Waals surface area contributed by atoms with Crippen molar-refractivity contribution >= 4 is 21.9 Å². The lowest BCUT2D eigenvalue weighted by atomic mass is 9.67. The smallest absolute Gasteiger partial charge is 0.395 e. The first kappa shape index (κ1) is 43.0. The number of alkyl halides is 6. The number of nitrogens with zero attached hydrogens (tertiary/aromatic N) is 6. The van der Waals surface area contributed by atoms with Crippen molar-refractivity contribution in [2.45, 2.75) is 76.6 Å². The van der Waals surface area contributed by atoms with Crippen LogP contribution in [0.25, 0.3) is 11.1 Å². The van der Waals surface area contributed by atoms with Crippen LogP contribution in [0.4, 0.5) is 30.7 Å². The summed E-state index contributed by atoms with van der Waals surface area (Å²) >= 11 is 3.26. The monoisotopic (exact) mass is 874 g/mol. The number of hydrogen-bond donors (Lipinski definition) is 1. The van der Waals surface area contributed by atoms with Crippen LogP contribution in [0.2, 0.25) is 0 Å². The lowest BCUT2D eigenvalue weighted by Crippen LogP contribution is -2.53. The minimum absolute atomic E-state index is 0.0860. The molecule has 4 aliphatic rings. The highest BCUT2D eigenvalue weighted by molar-refractivity contribution is 9.10. The van der Waals surface area contributed by atoms with Crippen molar-refractivity contribution in [2.24, 2.45) is 22.7 Å². The molecule has 2 saturated heterocycles. The Balaban J connectivity index is 0.000000203. The van der Waals surface area contributed by atoms with Crippen LogP contribution in [0.15, 0.2) is 47.5 Å². The normalized spacial score (nSPS) is 20.4. The number of carboxylic acid groups (broad SMARTS) is 1. The van der Waals surface area contributed by atoms with Crippen molar-refractivity contribution < 1.29 is 50.1 Å². The number of aromatic nitrogens is 4. The van der Waals surface area contributed by atoms with E-state index in [-0.39, 0.29) is 50.7 Å². The largest absolute Gasteiger partial charge is 0.478 e. The molecule has 0 amide bonds. The summed E-state index contributed by atoms with van der Waals surface area (Å²) in [5.74, 6) is -1.62. The Hall–Kier alpha value is -3.64. The number of ether oxygens (including phenoxy) is 2. The number of likely N-dealkylation sites (tertiary alicyclic amines) is 2. The average molecular weight is 876 g/mol.